The standard InChI is InChI=1S/C5H11O.H2O.O.Zr/c1-2-3-4-5-6;;;/h2-5H2,1H3;1H2;;/q-1;;;+2/p-1. The Morgan fingerprint density at radius 1 is 1.56 bits per heavy atom. The van der Waals surface area contributed by atoms with Gasteiger partial charge in [-0.05, 0) is 0 Å². The van der Waals surface area contributed by atoms with Gasteiger partial charge in [0.05, 0.1) is 0 Å². The predicted molar refractivity (Wildman–Crippen MR) is 28.4 cm³/mol. The fraction of sp³-hybridized carbons (Fsp3) is 1.00. The van der Waals surface area contributed by atoms with Crippen LogP contribution in [0.5, 0.6) is 0 Å². The van der Waals surface area contributed by atoms with Crippen LogP contribution in [-0.2, 0) is 28.3 Å². The average Bonchev–Trinajstić information content (AvgIpc) is 1.80. The van der Waals surface area contributed by atoms with Crippen LogP contribution in [0, 0.1) is 0 Å². The van der Waals surface area contributed by atoms with Crippen molar-refractivity contribution >= 4 is 0 Å². The van der Waals surface area contributed by atoms with Crippen LogP contribution in [0.1, 0.15) is 26.2 Å². The Labute approximate surface area is 64.4 Å². The molecule has 54 valence electrons. The van der Waals surface area contributed by atoms with Crippen LogP contribution in [0.2, 0.25) is 0 Å². The Morgan fingerprint density at radius 2 is 2.22 bits per heavy atom. The van der Waals surface area contributed by atoms with Crippen molar-refractivity contribution in [3.8, 4) is 0 Å². The molecule has 0 aromatic heterocycles. The minimum atomic E-state index is -3.43. The van der Waals surface area contributed by atoms with Gasteiger partial charge in [0.1, 0.15) is 0 Å². The number of rotatable bonds is 5. The zero-order valence-corrected chi connectivity index (χ0v) is 8.05. The molecule has 0 unspecified atom stereocenters. The molecule has 0 rings (SSSR count). The quantitative estimate of drug-likeness (QED) is 0.690. The van der Waals surface area contributed by atoms with Gasteiger partial charge in [0, 0.05) is 0 Å². The molecule has 0 aliphatic carbocycles. The van der Waals surface area contributed by atoms with Crippen LogP contribution >= 0.6 is 0 Å². The van der Waals surface area contributed by atoms with Crippen LogP contribution in [0.3, 0.4) is 0 Å². The van der Waals surface area contributed by atoms with Gasteiger partial charge in [0.2, 0.25) is 0 Å². The Hall–Kier alpha value is 0.603. The predicted octanol–water partition coefficient (Wildman–Crippen LogP) is 0.979. The van der Waals surface area contributed by atoms with Crippen molar-refractivity contribution in [1.82, 2.24) is 0 Å². The van der Waals surface area contributed by atoms with E-state index >= 15 is 0 Å². The topological polar surface area (TPSA) is 46.5 Å². The SMILES string of the molecule is CCCCC[O][Zr](=[O])[OH]. The molecule has 0 atom stereocenters. The van der Waals surface area contributed by atoms with Gasteiger partial charge in [-0.2, -0.15) is 0 Å². The molecular weight excluding hydrogens is 199 g/mol. The minimum absolute atomic E-state index is 0.461. The molecular formula is C5H12O3Zr. The van der Waals surface area contributed by atoms with Crippen molar-refractivity contribution in [2.75, 3.05) is 6.61 Å². The second kappa shape index (κ2) is 6.72. The second-order valence-corrected chi connectivity index (χ2v) is 3.84. The molecule has 0 aliphatic rings. The average molecular weight is 211 g/mol. The van der Waals surface area contributed by atoms with Crippen LogP contribution in [-0.4, -0.2) is 9.79 Å². The van der Waals surface area contributed by atoms with Crippen LogP contribution in [0.25, 0.3) is 0 Å². The molecule has 0 aromatic rings. The molecule has 0 saturated heterocycles. The maximum absolute atomic E-state index is 10.0. The van der Waals surface area contributed by atoms with E-state index in [-0.39, 0.29) is 0 Å². The first kappa shape index (κ1) is 9.60. The van der Waals surface area contributed by atoms with E-state index < -0.39 is 22.6 Å². The van der Waals surface area contributed by atoms with Gasteiger partial charge in [-0.15, -0.1) is 0 Å². The Morgan fingerprint density at radius 3 is 2.67 bits per heavy atom. The molecule has 0 aromatic carbocycles. The van der Waals surface area contributed by atoms with Crippen molar-refractivity contribution in [3.05, 3.63) is 0 Å². The first-order chi connectivity index (χ1) is 4.27. The van der Waals surface area contributed by atoms with Gasteiger partial charge in [-0.1, -0.05) is 0 Å². The van der Waals surface area contributed by atoms with Gasteiger partial charge < -0.3 is 0 Å². The molecule has 0 spiro atoms. The van der Waals surface area contributed by atoms with E-state index in [0.29, 0.717) is 6.61 Å². The molecule has 0 radical (unpaired) electrons. The summed E-state index contributed by atoms with van der Waals surface area (Å²) in [6.45, 7) is 2.54. The van der Waals surface area contributed by atoms with E-state index in [2.05, 4.69) is 9.74 Å². The summed E-state index contributed by atoms with van der Waals surface area (Å²) in [6.07, 6.45) is 3.10. The molecule has 4 heteroatoms. The van der Waals surface area contributed by atoms with E-state index in [0.717, 1.165) is 19.3 Å². The van der Waals surface area contributed by atoms with Crippen LogP contribution < -0.4 is 0 Å². The number of hydrogen-bond donors (Lipinski definition) is 1. The van der Waals surface area contributed by atoms with E-state index in [4.69, 9.17) is 3.18 Å². The summed E-state index contributed by atoms with van der Waals surface area (Å²) in [4.78, 5) is 0. The summed E-state index contributed by atoms with van der Waals surface area (Å²) < 4.78 is 22.8. The number of hydrogen-bond acceptors (Lipinski definition) is 2. The monoisotopic (exact) mass is 210 g/mol. The molecule has 1 N–H and O–H groups in total. The molecule has 0 heterocycles. The summed E-state index contributed by atoms with van der Waals surface area (Å²) in [5.41, 5.74) is 0. The summed E-state index contributed by atoms with van der Waals surface area (Å²) in [7, 11) is 0. The Balaban J connectivity index is 2.83. The third-order valence-corrected chi connectivity index (χ3v) is 2.08. The first-order valence-electron chi connectivity index (χ1n) is 3.13. The zero-order valence-electron chi connectivity index (χ0n) is 5.59. The molecule has 0 saturated carbocycles. The van der Waals surface area contributed by atoms with E-state index in [1.54, 1.807) is 0 Å². The summed E-state index contributed by atoms with van der Waals surface area (Å²) in [5, 5.41) is 0. The molecule has 0 bridgehead atoms. The first-order valence-corrected chi connectivity index (χ1v) is 6.23. The fourth-order valence-corrected chi connectivity index (χ4v) is 1.30. The summed E-state index contributed by atoms with van der Waals surface area (Å²) in [5.74, 6) is 0. The Kier molecular flexibility index (Phi) is 7.17. The van der Waals surface area contributed by atoms with Crippen LogP contribution in [0.15, 0.2) is 0 Å². The van der Waals surface area contributed by atoms with E-state index in [1.807, 2.05) is 0 Å². The zero-order chi connectivity index (χ0) is 7.11. The molecule has 0 amide bonds. The van der Waals surface area contributed by atoms with Crippen molar-refractivity contribution in [1.29, 1.82) is 0 Å². The van der Waals surface area contributed by atoms with Gasteiger partial charge in [0.15, 0.2) is 0 Å². The van der Waals surface area contributed by atoms with E-state index in [1.165, 1.54) is 0 Å². The summed E-state index contributed by atoms with van der Waals surface area (Å²) >= 11 is -3.43. The molecule has 9 heavy (non-hydrogen) atoms. The molecule has 0 aliphatic heterocycles. The van der Waals surface area contributed by atoms with Gasteiger partial charge in [-0.25, -0.2) is 0 Å². The van der Waals surface area contributed by atoms with Gasteiger partial charge in [0.25, 0.3) is 0 Å². The molecule has 0 fully saturated rings. The van der Waals surface area contributed by atoms with Crippen molar-refractivity contribution in [2.24, 2.45) is 0 Å². The summed E-state index contributed by atoms with van der Waals surface area (Å²) in [6, 6.07) is 0. The van der Waals surface area contributed by atoms with Crippen molar-refractivity contribution in [2.45, 2.75) is 26.2 Å². The van der Waals surface area contributed by atoms with Crippen LogP contribution in [0.4, 0.5) is 0 Å². The van der Waals surface area contributed by atoms with Crippen molar-refractivity contribution in [3.63, 3.8) is 0 Å². The number of unbranched alkanes of at least 4 members (excludes halogenated alkanes) is 2. The normalized spacial score (nSPS) is 9.56. The van der Waals surface area contributed by atoms with Crippen molar-refractivity contribution < 1.29 is 31.4 Å². The fourth-order valence-electron chi connectivity index (χ4n) is 0.512. The van der Waals surface area contributed by atoms with Gasteiger partial charge in [-0.3, -0.25) is 0 Å². The maximum atomic E-state index is 10.0. The van der Waals surface area contributed by atoms with Gasteiger partial charge >= 0.3 is 64.2 Å². The third-order valence-electron chi connectivity index (χ3n) is 0.973. The second-order valence-electron chi connectivity index (χ2n) is 1.82. The Bertz CT molecular complexity index is 84.3. The third kappa shape index (κ3) is 8.60. The van der Waals surface area contributed by atoms with E-state index in [9.17, 15) is 2.81 Å². The molecule has 3 nitrogen and oxygen atoms in total.